The lowest BCUT2D eigenvalue weighted by Crippen LogP contribution is -2.24. The van der Waals surface area contributed by atoms with E-state index in [1.807, 2.05) is 0 Å². The zero-order valence-electron chi connectivity index (χ0n) is 12.3. The van der Waals surface area contributed by atoms with Crippen LogP contribution in [-0.4, -0.2) is 34.3 Å². The average molecular weight is 275 g/mol. The molecule has 0 aliphatic carbocycles. The molecule has 0 spiro atoms. The summed E-state index contributed by atoms with van der Waals surface area (Å²) < 4.78 is 0. The quantitative estimate of drug-likeness (QED) is 0.898. The van der Waals surface area contributed by atoms with E-state index in [1.165, 1.54) is 0 Å². The van der Waals surface area contributed by atoms with Crippen molar-refractivity contribution in [3.05, 3.63) is 11.5 Å². The molecule has 108 valence electrons. The number of hydrogen-bond donors (Lipinski definition) is 1. The van der Waals surface area contributed by atoms with Crippen molar-refractivity contribution < 1.29 is 5.11 Å². The Bertz CT molecular complexity index is 549. The number of aromatic nitrogens is 2. The van der Waals surface area contributed by atoms with E-state index in [1.54, 1.807) is 0 Å². The van der Waals surface area contributed by atoms with Crippen LogP contribution < -0.4 is 4.90 Å². The fourth-order valence-corrected chi connectivity index (χ4v) is 2.63. The number of rotatable bonds is 2. The molecule has 3 heterocycles. The van der Waals surface area contributed by atoms with Crippen LogP contribution in [0.25, 0.3) is 0 Å². The normalized spacial score (nSPS) is 21.6. The first kappa shape index (κ1) is 13.4. The first-order chi connectivity index (χ1) is 9.42. The van der Waals surface area contributed by atoms with Gasteiger partial charge < -0.3 is 10.0 Å². The van der Waals surface area contributed by atoms with E-state index in [-0.39, 0.29) is 11.5 Å². The Hall–Kier alpha value is -1.56. The fourth-order valence-electron chi connectivity index (χ4n) is 2.63. The molecule has 1 atom stereocenters. The van der Waals surface area contributed by atoms with Crippen LogP contribution in [0.2, 0.25) is 0 Å². The summed E-state index contributed by atoms with van der Waals surface area (Å²) in [5, 5.41) is 18.0. The molecule has 0 unspecified atom stereocenters. The summed E-state index contributed by atoms with van der Waals surface area (Å²) in [6.07, 6.45) is 1.33. The third-order valence-corrected chi connectivity index (χ3v) is 3.53. The predicted molar refractivity (Wildman–Crippen MR) is 76.2 cm³/mol. The number of β-amino-alcohol motifs (C(OH)–C–C–N with tert-alkyl or cyclic N) is 1. The van der Waals surface area contributed by atoms with Crippen molar-refractivity contribution in [3.8, 4) is 0 Å². The first-order valence-electron chi connectivity index (χ1n) is 7.13. The molecule has 0 saturated carbocycles. The maximum absolute atomic E-state index is 9.73. The summed E-state index contributed by atoms with van der Waals surface area (Å²) in [5.41, 5.74) is 1.84. The summed E-state index contributed by atoms with van der Waals surface area (Å²) in [7, 11) is 0. The molecular formula is C14H21N5O. The van der Waals surface area contributed by atoms with Gasteiger partial charge in [-0.1, -0.05) is 20.8 Å². The summed E-state index contributed by atoms with van der Waals surface area (Å²) >= 11 is 0. The van der Waals surface area contributed by atoms with Crippen molar-refractivity contribution >= 4 is 11.5 Å². The first-order valence-corrected chi connectivity index (χ1v) is 7.13. The van der Waals surface area contributed by atoms with Crippen molar-refractivity contribution in [2.75, 3.05) is 18.0 Å². The van der Waals surface area contributed by atoms with Crippen LogP contribution in [0.5, 0.6) is 0 Å². The molecule has 2 aliphatic rings. The van der Waals surface area contributed by atoms with Gasteiger partial charge in [0.25, 0.3) is 0 Å². The van der Waals surface area contributed by atoms with Crippen LogP contribution in [-0.2, 0) is 13.0 Å². The molecule has 1 fully saturated rings. The highest BCUT2D eigenvalue weighted by molar-refractivity contribution is 5.66. The number of fused-ring (bicyclic) bond motifs is 1. The highest BCUT2D eigenvalue weighted by Gasteiger charge is 2.28. The lowest BCUT2D eigenvalue weighted by Gasteiger charge is -2.21. The van der Waals surface area contributed by atoms with Gasteiger partial charge in [-0.3, -0.25) is 0 Å². The van der Waals surface area contributed by atoms with Gasteiger partial charge in [0.05, 0.1) is 11.8 Å². The fraction of sp³-hybridized carbons (Fsp3) is 0.714. The molecule has 0 aromatic carbocycles. The molecule has 0 radical (unpaired) electrons. The minimum Gasteiger partial charge on any atom is -0.391 e. The van der Waals surface area contributed by atoms with E-state index in [9.17, 15) is 5.11 Å². The Morgan fingerprint density at radius 2 is 2.10 bits per heavy atom. The van der Waals surface area contributed by atoms with Gasteiger partial charge in [-0.2, -0.15) is 5.11 Å². The van der Waals surface area contributed by atoms with Gasteiger partial charge >= 0.3 is 0 Å². The lowest BCUT2D eigenvalue weighted by molar-refractivity contribution is 0.198. The number of hydrogen-bond acceptors (Lipinski definition) is 6. The van der Waals surface area contributed by atoms with Crippen LogP contribution in [0.3, 0.4) is 0 Å². The van der Waals surface area contributed by atoms with Crippen molar-refractivity contribution in [3.63, 3.8) is 0 Å². The third-order valence-electron chi connectivity index (χ3n) is 3.53. The lowest BCUT2D eigenvalue weighted by atomic mass is 9.92. The van der Waals surface area contributed by atoms with Gasteiger partial charge in [-0.05, 0) is 11.8 Å². The van der Waals surface area contributed by atoms with Gasteiger partial charge in [-0.25, -0.2) is 9.97 Å². The van der Waals surface area contributed by atoms with E-state index in [0.717, 1.165) is 42.4 Å². The zero-order chi connectivity index (χ0) is 14.3. The van der Waals surface area contributed by atoms with Crippen LogP contribution >= 0.6 is 0 Å². The number of aliphatic hydroxyl groups excluding tert-OH is 1. The second-order valence-electron chi connectivity index (χ2n) is 6.78. The number of aliphatic hydroxyl groups is 1. The summed E-state index contributed by atoms with van der Waals surface area (Å²) in [4.78, 5) is 11.4. The molecule has 2 aliphatic heterocycles. The molecule has 6 nitrogen and oxygen atoms in total. The SMILES string of the molecule is CC(C)(C)Cc1nc2c(c(N3CC[C@H](O)C3)n1)N=NC2. The van der Waals surface area contributed by atoms with Crippen LogP contribution in [0.15, 0.2) is 10.2 Å². The molecule has 0 bridgehead atoms. The van der Waals surface area contributed by atoms with Crippen molar-refractivity contribution in [1.82, 2.24) is 9.97 Å². The standard InChI is InChI=1S/C14H21N5O/c1-14(2,3)6-11-16-10-7-15-18-12(10)13(17-11)19-5-4-9(20)8-19/h9,20H,4-8H2,1-3H3/t9-/m0/s1. The van der Waals surface area contributed by atoms with Gasteiger partial charge in [0.15, 0.2) is 11.5 Å². The molecule has 1 N–H and O–H groups in total. The Balaban J connectivity index is 1.97. The molecule has 1 aromatic heterocycles. The van der Waals surface area contributed by atoms with Crippen molar-refractivity contribution in [2.45, 2.75) is 46.3 Å². The second kappa shape index (κ2) is 4.77. The van der Waals surface area contributed by atoms with Crippen molar-refractivity contribution in [2.24, 2.45) is 15.6 Å². The van der Waals surface area contributed by atoms with E-state index in [4.69, 9.17) is 4.98 Å². The number of nitrogens with zero attached hydrogens (tertiary/aromatic N) is 5. The molecule has 1 saturated heterocycles. The minimum absolute atomic E-state index is 0.142. The zero-order valence-corrected chi connectivity index (χ0v) is 12.3. The second-order valence-corrected chi connectivity index (χ2v) is 6.78. The molecule has 6 heteroatoms. The maximum Gasteiger partial charge on any atom is 0.160 e. The van der Waals surface area contributed by atoms with Gasteiger partial charge in [0, 0.05) is 19.5 Å². The van der Waals surface area contributed by atoms with Crippen LogP contribution in [0.1, 0.15) is 38.7 Å². The molecule has 1 aromatic rings. The van der Waals surface area contributed by atoms with E-state index < -0.39 is 0 Å². The summed E-state index contributed by atoms with van der Waals surface area (Å²) in [5.74, 6) is 1.69. The van der Waals surface area contributed by atoms with E-state index in [2.05, 4.69) is 40.9 Å². The van der Waals surface area contributed by atoms with E-state index >= 15 is 0 Å². The number of azo groups is 1. The van der Waals surface area contributed by atoms with Crippen LogP contribution in [0.4, 0.5) is 11.5 Å². The van der Waals surface area contributed by atoms with Gasteiger partial charge in [-0.15, -0.1) is 5.11 Å². The largest absolute Gasteiger partial charge is 0.391 e. The molecule has 3 rings (SSSR count). The van der Waals surface area contributed by atoms with Crippen molar-refractivity contribution in [1.29, 1.82) is 0 Å². The number of anilines is 1. The summed E-state index contributed by atoms with van der Waals surface area (Å²) in [6.45, 7) is 8.51. The van der Waals surface area contributed by atoms with E-state index in [0.29, 0.717) is 13.1 Å². The van der Waals surface area contributed by atoms with Gasteiger partial charge in [0.1, 0.15) is 12.4 Å². The molecule has 0 amide bonds. The Morgan fingerprint density at radius 3 is 2.75 bits per heavy atom. The Kier molecular flexibility index (Phi) is 3.20. The Morgan fingerprint density at radius 1 is 1.30 bits per heavy atom. The Labute approximate surface area is 119 Å². The topological polar surface area (TPSA) is 74.0 Å². The maximum atomic E-state index is 9.73. The molecule has 20 heavy (non-hydrogen) atoms. The molecular weight excluding hydrogens is 254 g/mol. The highest BCUT2D eigenvalue weighted by atomic mass is 16.3. The third kappa shape index (κ3) is 2.65. The summed E-state index contributed by atoms with van der Waals surface area (Å²) in [6, 6.07) is 0. The van der Waals surface area contributed by atoms with Crippen LogP contribution in [0, 0.1) is 5.41 Å². The highest BCUT2D eigenvalue weighted by Crippen LogP contribution is 2.36. The monoisotopic (exact) mass is 275 g/mol. The van der Waals surface area contributed by atoms with Gasteiger partial charge in [0.2, 0.25) is 0 Å². The predicted octanol–water partition coefficient (Wildman–Crippen LogP) is 2.23. The minimum atomic E-state index is -0.273. The smallest absolute Gasteiger partial charge is 0.160 e. The average Bonchev–Trinajstić information content (AvgIpc) is 2.94.